The van der Waals surface area contributed by atoms with Crippen molar-refractivity contribution in [3.63, 3.8) is 0 Å². The number of hydrogen-bond acceptors (Lipinski definition) is 1. The molecule has 0 saturated carbocycles. The van der Waals surface area contributed by atoms with Crippen LogP contribution in [0.3, 0.4) is 0 Å². The molecule has 4 aromatic carbocycles. The van der Waals surface area contributed by atoms with Crippen LogP contribution in [0.1, 0.15) is 31.9 Å². The molecule has 0 aliphatic carbocycles. The van der Waals surface area contributed by atoms with Crippen molar-refractivity contribution in [2.24, 2.45) is 0 Å². The summed E-state index contributed by atoms with van der Waals surface area (Å²) < 4.78 is 6.47. The van der Waals surface area contributed by atoms with Crippen LogP contribution in [0.25, 0.3) is 0 Å². The Morgan fingerprint density at radius 1 is 0.583 bits per heavy atom. The van der Waals surface area contributed by atoms with Crippen molar-refractivity contribution < 1.29 is 21.4 Å². The second-order valence-electron chi connectivity index (χ2n) is 10.8. The lowest BCUT2D eigenvalue weighted by Gasteiger charge is -2.36. The molecule has 0 spiro atoms. The van der Waals surface area contributed by atoms with E-state index in [1.165, 1.54) is 27.0 Å². The van der Waals surface area contributed by atoms with Gasteiger partial charge in [-0.3, -0.25) is 0 Å². The molecular formula is C32H38BrOPSi. The van der Waals surface area contributed by atoms with Crippen LogP contribution < -0.4 is 32.9 Å². The smallest absolute Gasteiger partial charge is 0.192 e. The molecule has 0 amide bonds. The summed E-state index contributed by atoms with van der Waals surface area (Å²) in [6, 6.07) is 42.5. The zero-order valence-electron chi connectivity index (χ0n) is 22.1. The molecule has 0 radical (unpaired) electrons. The van der Waals surface area contributed by atoms with Crippen LogP contribution in [-0.2, 0) is 17.2 Å². The fraction of sp³-hybridized carbons (Fsp3) is 0.250. The van der Waals surface area contributed by atoms with Gasteiger partial charge in [0.05, 0.1) is 12.8 Å². The van der Waals surface area contributed by atoms with E-state index in [-0.39, 0.29) is 22.0 Å². The van der Waals surface area contributed by atoms with Crippen LogP contribution in [0.5, 0.6) is 0 Å². The third-order valence-corrected chi connectivity index (χ3v) is 16.3. The first-order valence-corrected chi connectivity index (χ1v) is 17.4. The van der Waals surface area contributed by atoms with Crippen LogP contribution in [-0.4, -0.2) is 8.32 Å². The topological polar surface area (TPSA) is 9.23 Å². The summed E-state index contributed by atoms with van der Waals surface area (Å²) in [5, 5.41) is 4.48. The minimum absolute atomic E-state index is 0. The zero-order valence-corrected chi connectivity index (χ0v) is 25.6. The quantitative estimate of drug-likeness (QED) is 0.218. The van der Waals surface area contributed by atoms with Crippen LogP contribution in [0.4, 0.5) is 0 Å². The molecule has 4 heteroatoms. The summed E-state index contributed by atoms with van der Waals surface area (Å²) in [5.41, 5.74) is 2.62. The van der Waals surface area contributed by atoms with Gasteiger partial charge in [-0.05, 0) is 65.7 Å². The summed E-state index contributed by atoms with van der Waals surface area (Å²) in [4.78, 5) is 0. The van der Waals surface area contributed by atoms with Crippen LogP contribution >= 0.6 is 7.26 Å². The van der Waals surface area contributed by atoms with Crippen molar-refractivity contribution in [1.82, 2.24) is 0 Å². The van der Waals surface area contributed by atoms with Crippen molar-refractivity contribution >= 4 is 31.5 Å². The van der Waals surface area contributed by atoms with Crippen LogP contribution in [0.2, 0.25) is 18.1 Å². The number of hydrogen-bond donors (Lipinski definition) is 0. The number of rotatable bonds is 8. The number of halogens is 1. The van der Waals surface area contributed by atoms with Gasteiger partial charge in [-0.15, -0.1) is 0 Å². The highest BCUT2D eigenvalue weighted by Gasteiger charge is 2.45. The van der Waals surface area contributed by atoms with E-state index >= 15 is 0 Å². The van der Waals surface area contributed by atoms with Gasteiger partial charge in [0.25, 0.3) is 0 Å². The molecule has 36 heavy (non-hydrogen) atoms. The van der Waals surface area contributed by atoms with Gasteiger partial charge in [0.15, 0.2) is 8.32 Å². The average Bonchev–Trinajstić information content (AvgIpc) is 2.88. The molecule has 0 unspecified atom stereocenters. The Morgan fingerprint density at radius 2 is 0.944 bits per heavy atom. The zero-order chi connectivity index (χ0) is 24.9. The van der Waals surface area contributed by atoms with E-state index in [4.69, 9.17) is 4.43 Å². The van der Waals surface area contributed by atoms with E-state index in [0.717, 1.165) is 6.16 Å². The summed E-state index contributed by atoms with van der Waals surface area (Å²) in [6.45, 7) is 12.2. The minimum Gasteiger partial charge on any atom is -1.00 e. The predicted octanol–water partition coefficient (Wildman–Crippen LogP) is 4.71. The molecule has 1 nitrogen and oxygen atoms in total. The SMILES string of the molecule is CC(C)(C)[Si](C)(C)OCc1ccc(C[P+](c2ccccc2)(c2ccccc2)c2ccccc2)cc1.[Br-]. The summed E-state index contributed by atoms with van der Waals surface area (Å²) >= 11 is 0. The second kappa shape index (κ2) is 12.0. The van der Waals surface area contributed by atoms with Gasteiger partial charge >= 0.3 is 0 Å². The fourth-order valence-electron chi connectivity index (χ4n) is 4.26. The summed E-state index contributed by atoms with van der Waals surface area (Å²) in [6.07, 6.45) is 0.994. The molecule has 0 bridgehead atoms. The molecule has 4 aromatic rings. The van der Waals surface area contributed by atoms with Crippen molar-refractivity contribution in [3.8, 4) is 0 Å². The third kappa shape index (κ3) is 6.26. The summed E-state index contributed by atoms with van der Waals surface area (Å²) in [5.74, 6) is 0. The molecule has 0 N–H and O–H groups in total. The minimum atomic E-state index is -1.88. The third-order valence-electron chi connectivity index (χ3n) is 7.44. The van der Waals surface area contributed by atoms with Gasteiger partial charge in [0.1, 0.15) is 23.2 Å². The van der Waals surface area contributed by atoms with E-state index in [0.29, 0.717) is 6.61 Å². The lowest BCUT2D eigenvalue weighted by Crippen LogP contribution is -3.00. The standard InChI is InChI=1S/C32H38OPSi.BrH/c1-32(2,3)35(4,5)33-25-27-21-23-28(24-22-27)26-34(29-15-9-6-10-16-29,30-17-11-7-12-18-30)31-19-13-8-14-20-31;/h6-24H,25-26H2,1-5H3;1H/q+1;/p-1. The monoisotopic (exact) mass is 576 g/mol. The van der Waals surface area contributed by atoms with E-state index in [9.17, 15) is 0 Å². The van der Waals surface area contributed by atoms with Crippen molar-refractivity contribution in [2.75, 3.05) is 0 Å². The summed E-state index contributed by atoms with van der Waals surface area (Å²) in [7, 11) is -3.65. The molecular weight excluding hydrogens is 539 g/mol. The predicted molar refractivity (Wildman–Crippen MR) is 157 cm³/mol. The molecule has 0 fully saturated rings. The Morgan fingerprint density at radius 3 is 1.31 bits per heavy atom. The molecule has 4 rings (SSSR count). The Kier molecular flexibility index (Phi) is 9.52. The normalized spacial score (nSPS) is 12.1. The molecule has 0 heterocycles. The first-order valence-electron chi connectivity index (χ1n) is 12.5. The maximum Gasteiger partial charge on any atom is 0.192 e. The van der Waals surface area contributed by atoms with Gasteiger partial charge in [-0.25, -0.2) is 0 Å². The Labute approximate surface area is 230 Å². The highest BCUT2D eigenvalue weighted by Crippen LogP contribution is 2.58. The van der Waals surface area contributed by atoms with Crippen LogP contribution in [0, 0.1) is 0 Å². The molecule has 188 valence electrons. The van der Waals surface area contributed by atoms with Crippen molar-refractivity contribution in [2.45, 2.75) is 51.7 Å². The lowest BCUT2D eigenvalue weighted by atomic mass is 10.2. The Hall–Kier alpha value is -2.03. The van der Waals surface area contributed by atoms with Crippen molar-refractivity contribution in [1.29, 1.82) is 0 Å². The molecule has 0 aliphatic heterocycles. The first kappa shape index (κ1) is 28.5. The fourth-order valence-corrected chi connectivity index (χ4v) is 9.47. The Balaban J connectivity index is 0.00000361. The van der Waals surface area contributed by atoms with E-state index in [1.54, 1.807) is 0 Å². The second-order valence-corrected chi connectivity index (χ2v) is 19.1. The highest BCUT2D eigenvalue weighted by molar-refractivity contribution is 7.95. The van der Waals surface area contributed by atoms with Gasteiger partial charge in [-0.1, -0.05) is 99.6 Å². The van der Waals surface area contributed by atoms with E-state index in [1.807, 2.05) is 0 Å². The highest BCUT2D eigenvalue weighted by atomic mass is 79.9. The average molecular weight is 578 g/mol. The molecule has 0 saturated heterocycles. The van der Waals surface area contributed by atoms with E-state index < -0.39 is 15.6 Å². The Bertz CT molecular complexity index is 1110. The van der Waals surface area contributed by atoms with Gasteiger partial charge in [0, 0.05) is 0 Å². The molecule has 0 aromatic heterocycles. The molecule has 0 aliphatic rings. The largest absolute Gasteiger partial charge is 1.00 e. The van der Waals surface area contributed by atoms with Crippen molar-refractivity contribution in [3.05, 3.63) is 126 Å². The maximum absolute atomic E-state index is 6.47. The van der Waals surface area contributed by atoms with Gasteiger partial charge in [-0.2, -0.15) is 0 Å². The van der Waals surface area contributed by atoms with Gasteiger partial charge < -0.3 is 21.4 Å². The lowest BCUT2D eigenvalue weighted by molar-refractivity contribution is -0.00000802. The van der Waals surface area contributed by atoms with E-state index in [2.05, 4.69) is 149 Å². The van der Waals surface area contributed by atoms with Crippen LogP contribution in [0.15, 0.2) is 115 Å². The number of benzene rings is 4. The van der Waals surface area contributed by atoms with Gasteiger partial charge in [0.2, 0.25) is 0 Å². The maximum atomic E-state index is 6.47. The first-order chi connectivity index (χ1) is 16.7. The molecule has 0 atom stereocenters.